The molecule has 5 rings (SSSR count). The number of carbonyl (C=O) groups excluding carboxylic acids is 1. The van der Waals surface area contributed by atoms with E-state index in [1.165, 1.54) is 11.1 Å². The molecule has 130 valence electrons. The van der Waals surface area contributed by atoms with Crippen LogP contribution in [0.3, 0.4) is 0 Å². The van der Waals surface area contributed by atoms with Crippen molar-refractivity contribution in [2.45, 2.75) is 31.3 Å². The van der Waals surface area contributed by atoms with Crippen LogP contribution in [0.1, 0.15) is 24.8 Å². The monoisotopic (exact) mass is 336 g/mol. The molecule has 4 heterocycles. The van der Waals surface area contributed by atoms with E-state index >= 15 is 0 Å². The highest BCUT2D eigenvalue weighted by atomic mass is 16.2. The van der Waals surface area contributed by atoms with E-state index in [1.807, 2.05) is 17.2 Å². The first-order chi connectivity index (χ1) is 12.3. The summed E-state index contributed by atoms with van der Waals surface area (Å²) in [4.78, 5) is 18.3. The summed E-state index contributed by atoms with van der Waals surface area (Å²) in [7, 11) is 0. The fourth-order valence-corrected chi connectivity index (χ4v) is 3.93. The molecule has 1 unspecified atom stereocenters. The SMILES string of the molecule is CCCNC(=O)N1C[C@@H]2N[C@H](C1)C2c1ccc(-c2cccnc2)cc1. The number of nitrogens with zero attached hydrogens (tertiary/aromatic N) is 2. The molecule has 0 saturated carbocycles. The second kappa shape index (κ2) is 6.84. The Morgan fingerprint density at radius 2 is 1.96 bits per heavy atom. The molecule has 5 nitrogen and oxygen atoms in total. The molecule has 0 radical (unpaired) electrons. The van der Waals surface area contributed by atoms with Crippen LogP contribution < -0.4 is 10.6 Å². The molecule has 3 atom stereocenters. The summed E-state index contributed by atoms with van der Waals surface area (Å²) < 4.78 is 0. The molecular formula is C20H24N4O. The van der Waals surface area contributed by atoms with Gasteiger partial charge in [0.25, 0.3) is 0 Å². The quantitative estimate of drug-likeness (QED) is 0.902. The average molecular weight is 336 g/mol. The number of hydrogen-bond donors (Lipinski definition) is 2. The van der Waals surface area contributed by atoms with Gasteiger partial charge in [0.15, 0.2) is 0 Å². The highest BCUT2D eigenvalue weighted by Gasteiger charge is 2.47. The maximum Gasteiger partial charge on any atom is 0.317 e. The van der Waals surface area contributed by atoms with Crippen molar-refractivity contribution < 1.29 is 4.79 Å². The summed E-state index contributed by atoms with van der Waals surface area (Å²) in [6.07, 6.45) is 4.65. The number of piperidine rings is 1. The Balaban J connectivity index is 1.42. The molecule has 3 aliphatic heterocycles. The molecule has 5 heteroatoms. The van der Waals surface area contributed by atoms with Crippen LogP contribution in [0.25, 0.3) is 11.1 Å². The molecule has 2 amide bonds. The van der Waals surface area contributed by atoms with E-state index in [0.717, 1.165) is 31.6 Å². The minimum absolute atomic E-state index is 0.0729. The normalized spacial score (nSPS) is 24.5. The van der Waals surface area contributed by atoms with E-state index in [9.17, 15) is 4.79 Å². The third-order valence-electron chi connectivity index (χ3n) is 5.23. The number of hydrogen-bond acceptors (Lipinski definition) is 3. The van der Waals surface area contributed by atoms with E-state index < -0.39 is 0 Å². The number of carbonyl (C=O) groups is 1. The van der Waals surface area contributed by atoms with E-state index in [-0.39, 0.29) is 6.03 Å². The number of benzene rings is 1. The molecule has 0 spiro atoms. The number of piperazine rings is 1. The molecule has 3 fully saturated rings. The Labute approximate surface area is 148 Å². The predicted octanol–water partition coefficient (Wildman–Crippen LogP) is 2.61. The minimum Gasteiger partial charge on any atom is -0.338 e. The Morgan fingerprint density at radius 3 is 2.60 bits per heavy atom. The molecule has 2 bridgehead atoms. The van der Waals surface area contributed by atoms with Gasteiger partial charge in [-0.2, -0.15) is 0 Å². The Hall–Kier alpha value is -2.40. The van der Waals surface area contributed by atoms with Gasteiger partial charge in [0.05, 0.1) is 0 Å². The van der Waals surface area contributed by atoms with Crippen LogP contribution in [-0.4, -0.2) is 47.6 Å². The van der Waals surface area contributed by atoms with Crippen LogP contribution in [0.2, 0.25) is 0 Å². The largest absolute Gasteiger partial charge is 0.338 e. The van der Waals surface area contributed by atoms with Gasteiger partial charge >= 0.3 is 6.03 Å². The van der Waals surface area contributed by atoms with Gasteiger partial charge in [0, 0.05) is 50.0 Å². The van der Waals surface area contributed by atoms with E-state index in [0.29, 0.717) is 18.0 Å². The summed E-state index contributed by atoms with van der Waals surface area (Å²) in [5.74, 6) is 0.498. The second-order valence-corrected chi connectivity index (χ2v) is 6.91. The lowest BCUT2D eigenvalue weighted by molar-refractivity contribution is 0.0711. The summed E-state index contributed by atoms with van der Waals surface area (Å²) in [5, 5.41) is 6.56. The van der Waals surface area contributed by atoms with Gasteiger partial charge < -0.3 is 15.5 Å². The zero-order valence-corrected chi connectivity index (χ0v) is 14.5. The molecule has 25 heavy (non-hydrogen) atoms. The summed E-state index contributed by atoms with van der Waals surface area (Å²) >= 11 is 0. The van der Waals surface area contributed by atoms with Crippen molar-refractivity contribution in [2.24, 2.45) is 0 Å². The van der Waals surface area contributed by atoms with Crippen molar-refractivity contribution in [3.05, 3.63) is 54.4 Å². The van der Waals surface area contributed by atoms with Crippen LogP contribution in [0.15, 0.2) is 48.8 Å². The number of nitrogens with one attached hydrogen (secondary N) is 2. The minimum atomic E-state index is 0.0729. The van der Waals surface area contributed by atoms with Crippen molar-refractivity contribution in [1.29, 1.82) is 0 Å². The van der Waals surface area contributed by atoms with Crippen molar-refractivity contribution in [1.82, 2.24) is 20.5 Å². The van der Waals surface area contributed by atoms with Crippen molar-refractivity contribution >= 4 is 6.03 Å². The number of amides is 2. The van der Waals surface area contributed by atoms with Crippen molar-refractivity contribution in [2.75, 3.05) is 19.6 Å². The van der Waals surface area contributed by atoms with Crippen molar-refractivity contribution in [3.63, 3.8) is 0 Å². The van der Waals surface area contributed by atoms with E-state index in [1.54, 1.807) is 6.20 Å². The van der Waals surface area contributed by atoms with Crippen LogP contribution in [0, 0.1) is 0 Å². The Bertz CT molecular complexity index is 719. The zero-order chi connectivity index (χ0) is 17.2. The van der Waals surface area contributed by atoms with Crippen LogP contribution in [0.5, 0.6) is 0 Å². The van der Waals surface area contributed by atoms with Gasteiger partial charge in [-0.15, -0.1) is 0 Å². The molecule has 2 aromatic rings. The standard InChI is InChI=1S/C20H24N4O/c1-2-9-22-20(25)24-12-17-19(18(13-24)23-17)15-7-5-14(6-8-15)16-4-3-10-21-11-16/h3-8,10-11,17-19,23H,2,9,12-13H2,1H3,(H,22,25)/t17-,18+,19?. The lowest BCUT2D eigenvalue weighted by Gasteiger charge is -2.54. The smallest absolute Gasteiger partial charge is 0.317 e. The molecule has 1 aromatic carbocycles. The van der Waals surface area contributed by atoms with Gasteiger partial charge in [-0.3, -0.25) is 4.98 Å². The highest BCUT2D eigenvalue weighted by Crippen LogP contribution is 2.37. The molecule has 0 aliphatic carbocycles. The third kappa shape index (κ3) is 3.12. The third-order valence-corrected chi connectivity index (χ3v) is 5.23. The van der Waals surface area contributed by atoms with Gasteiger partial charge in [-0.1, -0.05) is 37.3 Å². The average Bonchev–Trinajstić information content (AvgIpc) is 2.67. The first-order valence-corrected chi connectivity index (χ1v) is 9.05. The lowest BCUT2D eigenvalue weighted by Crippen LogP contribution is -2.73. The van der Waals surface area contributed by atoms with Crippen LogP contribution >= 0.6 is 0 Å². The molecule has 2 N–H and O–H groups in total. The Kier molecular flexibility index (Phi) is 4.40. The first kappa shape index (κ1) is 16.1. The second-order valence-electron chi connectivity index (χ2n) is 6.91. The molecule has 1 aromatic heterocycles. The number of aromatic nitrogens is 1. The van der Waals surface area contributed by atoms with Crippen molar-refractivity contribution in [3.8, 4) is 11.1 Å². The maximum atomic E-state index is 12.1. The predicted molar refractivity (Wildman–Crippen MR) is 98.4 cm³/mol. The van der Waals surface area contributed by atoms with Gasteiger partial charge in [0.2, 0.25) is 0 Å². The summed E-state index contributed by atoms with van der Waals surface area (Å²) in [6.45, 7) is 4.38. The maximum absolute atomic E-state index is 12.1. The number of rotatable bonds is 4. The van der Waals surface area contributed by atoms with Crippen LogP contribution in [-0.2, 0) is 0 Å². The highest BCUT2D eigenvalue weighted by molar-refractivity contribution is 5.74. The fourth-order valence-electron chi connectivity index (χ4n) is 3.93. The topological polar surface area (TPSA) is 57.3 Å². The van der Waals surface area contributed by atoms with Gasteiger partial charge in [0.1, 0.15) is 0 Å². The van der Waals surface area contributed by atoms with Gasteiger partial charge in [-0.25, -0.2) is 4.79 Å². The van der Waals surface area contributed by atoms with Gasteiger partial charge in [-0.05, 0) is 29.2 Å². The zero-order valence-electron chi connectivity index (χ0n) is 14.5. The van der Waals surface area contributed by atoms with Crippen LogP contribution in [0.4, 0.5) is 4.79 Å². The summed E-state index contributed by atoms with van der Waals surface area (Å²) in [6, 6.07) is 13.6. The molecule has 3 aliphatic rings. The molecular weight excluding hydrogens is 312 g/mol. The Morgan fingerprint density at radius 1 is 1.20 bits per heavy atom. The number of urea groups is 1. The molecule has 3 saturated heterocycles. The van der Waals surface area contributed by atoms with E-state index in [2.05, 4.69) is 52.9 Å². The lowest BCUT2D eigenvalue weighted by atomic mass is 9.74. The van der Waals surface area contributed by atoms with E-state index in [4.69, 9.17) is 0 Å². The first-order valence-electron chi connectivity index (χ1n) is 9.05. The number of fused-ring (bicyclic) bond motifs is 2. The number of pyridine rings is 1. The summed E-state index contributed by atoms with van der Waals surface area (Å²) in [5.41, 5.74) is 3.68. The fraction of sp³-hybridized carbons (Fsp3) is 0.400.